The van der Waals surface area contributed by atoms with Gasteiger partial charge in [-0.2, -0.15) is 0 Å². The van der Waals surface area contributed by atoms with Crippen LogP contribution in [0, 0.1) is 0 Å². The highest BCUT2D eigenvalue weighted by atomic mass is 35.5. The number of ether oxygens (including phenoxy) is 1. The number of hydrogen-bond acceptors (Lipinski definition) is 3. The highest BCUT2D eigenvalue weighted by Gasteiger charge is 2.19. The molecule has 0 amide bonds. The van der Waals surface area contributed by atoms with Gasteiger partial charge in [-0.3, -0.25) is 9.36 Å². The fourth-order valence-electron chi connectivity index (χ4n) is 3.42. The van der Waals surface area contributed by atoms with Gasteiger partial charge < -0.3 is 4.74 Å². The summed E-state index contributed by atoms with van der Waals surface area (Å²) >= 11 is 19.2. The van der Waals surface area contributed by atoms with Gasteiger partial charge in [0.2, 0.25) is 0 Å². The lowest BCUT2D eigenvalue weighted by Crippen LogP contribution is -2.19. The van der Waals surface area contributed by atoms with Gasteiger partial charge in [0.05, 0.1) is 33.9 Å². The van der Waals surface area contributed by atoms with Gasteiger partial charge in [-0.05, 0) is 42.0 Å². The molecule has 150 valence electrons. The maximum absolute atomic E-state index is 12.9. The van der Waals surface area contributed by atoms with Crippen LogP contribution in [0.25, 0.3) is 27.7 Å². The van der Waals surface area contributed by atoms with Crippen LogP contribution in [-0.2, 0) is 4.74 Å². The molecule has 4 rings (SSSR count). The average Bonchev–Trinajstić information content (AvgIpc) is 2.74. The van der Waals surface area contributed by atoms with Gasteiger partial charge in [0.15, 0.2) is 0 Å². The number of esters is 1. The molecule has 0 saturated carbocycles. The summed E-state index contributed by atoms with van der Waals surface area (Å²) in [5.41, 5.74) is 2.10. The molecule has 0 atom stereocenters. The number of carbonyl (C=O) groups is 1. The van der Waals surface area contributed by atoms with E-state index in [4.69, 9.17) is 39.5 Å². The van der Waals surface area contributed by atoms with E-state index in [-0.39, 0.29) is 11.1 Å². The number of rotatable bonds is 3. The van der Waals surface area contributed by atoms with Gasteiger partial charge in [-0.15, -0.1) is 0 Å². The van der Waals surface area contributed by atoms with Gasteiger partial charge in [-0.25, -0.2) is 4.79 Å². The summed E-state index contributed by atoms with van der Waals surface area (Å²) in [6.45, 7) is 0. The summed E-state index contributed by atoms with van der Waals surface area (Å²) in [5, 5.41) is 1.82. The zero-order chi connectivity index (χ0) is 21.4. The second-order valence-electron chi connectivity index (χ2n) is 6.51. The normalized spacial score (nSPS) is 10.9. The van der Waals surface area contributed by atoms with Crippen LogP contribution in [0.1, 0.15) is 10.4 Å². The van der Waals surface area contributed by atoms with E-state index in [1.807, 2.05) is 18.2 Å². The smallest absolute Gasteiger partial charge is 0.337 e. The summed E-state index contributed by atoms with van der Waals surface area (Å²) in [4.78, 5) is 25.3. The summed E-state index contributed by atoms with van der Waals surface area (Å²) < 4.78 is 6.31. The minimum atomic E-state index is -0.543. The molecule has 0 unspecified atom stereocenters. The second-order valence-corrected chi connectivity index (χ2v) is 7.73. The number of halogens is 3. The van der Waals surface area contributed by atoms with Gasteiger partial charge in [0.1, 0.15) is 0 Å². The number of pyridine rings is 1. The Labute approximate surface area is 187 Å². The molecule has 3 aromatic carbocycles. The predicted octanol–water partition coefficient (Wildman–Crippen LogP) is 6.40. The lowest BCUT2D eigenvalue weighted by molar-refractivity contribution is 0.0601. The van der Waals surface area contributed by atoms with Crippen LogP contribution in [0.2, 0.25) is 15.1 Å². The molecule has 30 heavy (non-hydrogen) atoms. The Morgan fingerprint density at radius 3 is 2.17 bits per heavy atom. The molecule has 0 bridgehead atoms. The van der Waals surface area contributed by atoms with Crippen molar-refractivity contribution in [3.63, 3.8) is 0 Å². The van der Waals surface area contributed by atoms with E-state index in [9.17, 15) is 9.59 Å². The number of aromatic nitrogens is 1. The molecule has 1 heterocycles. The summed E-state index contributed by atoms with van der Waals surface area (Å²) in [5.74, 6) is -0.543. The van der Waals surface area contributed by atoms with E-state index >= 15 is 0 Å². The molecule has 0 fully saturated rings. The van der Waals surface area contributed by atoms with Crippen LogP contribution in [0.15, 0.2) is 71.5 Å². The molecule has 1 aromatic heterocycles. The molecule has 0 radical (unpaired) electrons. The van der Waals surface area contributed by atoms with E-state index < -0.39 is 5.97 Å². The molecular weight excluding hydrogens is 445 g/mol. The van der Waals surface area contributed by atoms with Crippen LogP contribution in [0.4, 0.5) is 0 Å². The number of methoxy groups -OCH3 is 1. The Morgan fingerprint density at radius 2 is 1.50 bits per heavy atom. The number of carbonyl (C=O) groups excluding carboxylic acids is 1. The van der Waals surface area contributed by atoms with Crippen molar-refractivity contribution in [2.24, 2.45) is 0 Å². The zero-order valence-electron chi connectivity index (χ0n) is 15.7. The van der Waals surface area contributed by atoms with Crippen molar-refractivity contribution >= 4 is 51.7 Å². The number of hydrogen-bond donors (Lipinski definition) is 0. The molecule has 0 saturated heterocycles. The Kier molecular flexibility index (Phi) is 5.56. The summed E-state index contributed by atoms with van der Waals surface area (Å²) in [6, 6.07) is 18.7. The van der Waals surface area contributed by atoms with Crippen molar-refractivity contribution < 1.29 is 9.53 Å². The van der Waals surface area contributed by atoms with Crippen LogP contribution in [0.3, 0.4) is 0 Å². The first kappa shape index (κ1) is 20.5. The van der Waals surface area contributed by atoms with Gasteiger partial charge in [0, 0.05) is 22.0 Å². The molecule has 0 spiro atoms. The maximum atomic E-state index is 12.9. The van der Waals surface area contributed by atoms with Crippen molar-refractivity contribution in [2.45, 2.75) is 0 Å². The van der Waals surface area contributed by atoms with E-state index in [2.05, 4.69) is 0 Å². The third-order valence-corrected chi connectivity index (χ3v) is 5.70. The van der Waals surface area contributed by atoms with E-state index in [0.29, 0.717) is 42.8 Å². The Hall–Kier alpha value is -2.79. The van der Waals surface area contributed by atoms with Crippen molar-refractivity contribution in [2.75, 3.05) is 7.11 Å². The van der Waals surface area contributed by atoms with Crippen molar-refractivity contribution in [3.8, 4) is 16.8 Å². The Morgan fingerprint density at radius 1 is 0.833 bits per heavy atom. The van der Waals surface area contributed by atoms with Crippen LogP contribution >= 0.6 is 34.8 Å². The highest BCUT2D eigenvalue weighted by molar-refractivity contribution is 6.38. The average molecular weight is 459 g/mol. The van der Waals surface area contributed by atoms with E-state index in [1.165, 1.54) is 17.7 Å². The lowest BCUT2D eigenvalue weighted by atomic mass is 9.97. The van der Waals surface area contributed by atoms with E-state index in [0.717, 1.165) is 0 Å². The molecular formula is C23H14Cl3NO3. The molecule has 0 aliphatic carbocycles. The third kappa shape index (κ3) is 3.47. The Bertz CT molecular complexity index is 1340. The molecule has 4 aromatic rings. The van der Waals surface area contributed by atoms with Crippen LogP contribution in [0.5, 0.6) is 0 Å². The molecule has 4 nitrogen and oxygen atoms in total. The third-order valence-electron chi connectivity index (χ3n) is 4.76. The van der Waals surface area contributed by atoms with Crippen molar-refractivity contribution in [1.29, 1.82) is 0 Å². The number of para-hydroxylation sites is 1. The minimum Gasteiger partial charge on any atom is -0.465 e. The first-order chi connectivity index (χ1) is 14.4. The van der Waals surface area contributed by atoms with Gasteiger partial charge in [-0.1, -0.05) is 59.1 Å². The lowest BCUT2D eigenvalue weighted by Gasteiger charge is -2.17. The molecule has 0 N–H and O–H groups in total. The first-order valence-corrected chi connectivity index (χ1v) is 10.0. The van der Waals surface area contributed by atoms with Gasteiger partial charge in [0.25, 0.3) is 5.56 Å². The highest BCUT2D eigenvalue weighted by Crippen LogP contribution is 2.36. The van der Waals surface area contributed by atoms with Crippen molar-refractivity contribution in [1.82, 2.24) is 4.57 Å². The SMILES string of the molecule is COC(=O)c1cc(-c2ccccc2Cl)c2ccc(=O)n(-c3c(Cl)cccc3Cl)c2c1. The first-order valence-electron chi connectivity index (χ1n) is 8.90. The second kappa shape index (κ2) is 8.15. The van der Waals surface area contributed by atoms with Crippen molar-refractivity contribution in [3.05, 3.63) is 97.7 Å². The monoisotopic (exact) mass is 457 g/mol. The molecule has 7 heteroatoms. The fourth-order valence-corrected chi connectivity index (χ4v) is 4.22. The summed E-state index contributed by atoms with van der Waals surface area (Å²) in [7, 11) is 1.30. The minimum absolute atomic E-state index is 0.266. The van der Waals surface area contributed by atoms with Crippen LogP contribution < -0.4 is 5.56 Å². The quantitative estimate of drug-likeness (QED) is 0.334. The summed E-state index contributed by atoms with van der Waals surface area (Å²) in [6.07, 6.45) is 0. The van der Waals surface area contributed by atoms with E-state index in [1.54, 1.807) is 42.5 Å². The standard InChI is InChI=1S/C23H14Cl3NO3/c1-30-23(29)13-11-16(14-5-2-3-6-17(14)24)15-9-10-21(28)27(20(15)12-13)22-18(25)7-4-8-19(22)26/h2-12H,1H3. The maximum Gasteiger partial charge on any atom is 0.337 e. The predicted molar refractivity (Wildman–Crippen MR) is 121 cm³/mol. The molecule has 0 aliphatic rings. The number of nitrogens with zero attached hydrogens (tertiary/aromatic N) is 1. The Balaban J connectivity index is 2.19. The number of fused-ring (bicyclic) bond motifs is 1. The molecule has 0 aliphatic heterocycles. The van der Waals surface area contributed by atoms with Gasteiger partial charge >= 0.3 is 5.97 Å². The largest absolute Gasteiger partial charge is 0.465 e. The number of benzene rings is 3. The zero-order valence-corrected chi connectivity index (χ0v) is 17.9. The van der Waals surface area contributed by atoms with Crippen LogP contribution in [-0.4, -0.2) is 17.6 Å². The fraction of sp³-hybridized carbons (Fsp3) is 0.0435. The topological polar surface area (TPSA) is 48.3 Å².